The molecule has 1 amide bonds. The normalized spacial score (nSPS) is 22.0. The molecule has 5 nitrogen and oxygen atoms in total. The highest BCUT2D eigenvalue weighted by Gasteiger charge is 2.52. The predicted octanol–water partition coefficient (Wildman–Crippen LogP) is 1.29. The third-order valence-corrected chi connectivity index (χ3v) is 4.12. The molecule has 2 fully saturated rings. The van der Waals surface area contributed by atoms with Crippen LogP contribution in [0.3, 0.4) is 0 Å². The van der Waals surface area contributed by atoms with E-state index < -0.39 is 23.2 Å². The molecule has 0 aromatic carbocycles. The molecule has 21 heavy (non-hydrogen) atoms. The minimum atomic E-state index is -4.43. The molecule has 1 heterocycles. The monoisotopic (exact) mass is 302 g/mol. The topological polar surface area (TPSA) is 72.9 Å². The minimum Gasteiger partial charge on any atom is -0.368 e. The Morgan fingerprint density at radius 2 is 2.05 bits per heavy atom. The minimum absolute atomic E-state index is 0.0413. The molecule has 8 heteroatoms. The molecule has 0 radical (unpaired) electrons. The van der Waals surface area contributed by atoms with Crippen LogP contribution in [-0.2, 0) is 17.5 Å². The first-order valence-corrected chi connectivity index (χ1v) is 6.98. The second kappa shape index (κ2) is 4.72. The van der Waals surface area contributed by atoms with Gasteiger partial charge in [-0.25, -0.2) is 0 Å². The molecule has 1 aromatic rings. The van der Waals surface area contributed by atoms with Gasteiger partial charge < -0.3 is 5.73 Å². The van der Waals surface area contributed by atoms with E-state index in [0.29, 0.717) is 0 Å². The van der Waals surface area contributed by atoms with E-state index in [1.165, 1.54) is 4.68 Å². The average molecular weight is 302 g/mol. The number of aromatic nitrogens is 2. The molecule has 1 aromatic heterocycles. The number of rotatable bonds is 6. The first-order chi connectivity index (χ1) is 9.81. The van der Waals surface area contributed by atoms with Gasteiger partial charge in [-0.05, 0) is 31.6 Å². The maximum Gasteiger partial charge on any atom is 0.419 e. The van der Waals surface area contributed by atoms with E-state index in [1.807, 2.05) is 0 Å². The highest BCUT2D eigenvalue weighted by Crippen LogP contribution is 2.42. The van der Waals surface area contributed by atoms with Gasteiger partial charge >= 0.3 is 6.18 Å². The average Bonchev–Trinajstić information content (AvgIpc) is 3.27. The van der Waals surface area contributed by atoms with Crippen LogP contribution in [0, 0.1) is 5.92 Å². The fourth-order valence-electron chi connectivity index (χ4n) is 2.66. The van der Waals surface area contributed by atoms with E-state index in [2.05, 4.69) is 10.4 Å². The molecule has 0 bridgehead atoms. The fourth-order valence-corrected chi connectivity index (χ4v) is 2.66. The lowest BCUT2D eigenvalue weighted by molar-refractivity contribution is -0.137. The van der Waals surface area contributed by atoms with Gasteiger partial charge in [-0.3, -0.25) is 14.8 Å². The number of hydrogen-bond donors (Lipinski definition) is 2. The van der Waals surface area contributed by atoms with E-state index >= 15 is 0 Å². The summed E-state index contributed by atoms with van der Waals surface area (Å²) in [6, 6.07) is 0.232. The summed E-state index contributed by atoms with van der Waals surface area (Å²) in [6.45, 7) is 0.0413. The Morgan fingerprint density at radius 3 is 2.48 bits per heavy atom. The van der Waals surface area contributed by atoms with Crippen LogP contribution in [-0.4, -0.2) is 27.3 Å². The summed E-state index contributed by atoms with van der Waals surface area (Å²) < 4.78 is 39.0. The van der Waals surface area contributed by atoms with Crippen molar-refractivity contribution in [3.63, 3.8) is 0 Å². The van der Waals surface area contributed by atoms with Gasteiger partial charge in [0.2, 0.25) is 5.91 Å². The van der Waals surface area contributed by atoms with E-state index in [-0.39, 0.29) is 18.5 Å². The summed E-state index contributed by atoms with van der Waals surface area (Å²) in [5.41, 5.74) is 3.76. The molecular formula is C13H17F3N4O. The Bertz CT molecular complexity index is 548. The zero-order valence-corrected chi connectivity index (χ0v) is 11.4. The number of carbonyl (C=O) groups is 1. The lowest BCUT2D eigenvalue weighted by atomic mass is 9.91. The van der Waals surface area contributed by atoms with Crippen LogP contribution in [0.15, 0.2) is 12.4 Å². The first-order valence-electron chi connectivity index (χ1n) is 6.98. The van der Waals surface area contributed by atoms with Crippen molar-refractivity contribution < 1.29 is 18.0 Å². The van der Waals surface area contributed by atoms with Crippen molar-refractivity contribution in [1.82, 2.24) is 15.1 Å². The number of nitrogens with one attached hydrogen (secondary N) is 1. The van der Waals surface area contributed by atoms with Gasteiger partial charge in [0, 0.05) is 12.2 Å². The van der Waals surface area contributed by atoms with Crippen molar-refractivity contribution in [2.75, 3.05) is 0 Å². The summed E-state index contributed by atoms with van der Waals surface area (Å²) in [6.07, 6.45) is 0.914. The van der Waals surface area contributed by atoms with Crippen LogP contribution >= 0.6 is 0 Å². The molecule has 1 atom stereocenters. The van der Waals surface area contributed by atoms with Gasteiger partial charge in [0.25, 0.3) is 0 Å². The number of amides is 1. The number of alkyl halides is 3. The van der Waals surface area contributed by atoms with Crippen LogP contribution < -0.4 is 11.1 Å². The molecule has 0 spiro atoms. The van der Waals surface area contributed by atoms with Crippen LogP contribution in [0.25, 0.3) is 0 Å². The molecular weight excluding hydrogens is 285 g/mol. The van der Waals surface area contributed by atoms with Gasteiger partial charge in [0.1, 0.15) is 5.54 Å². The van der Waals surface area contributed by atoms with Crippen molar-refractivity contribution in [2.24, 2.45) is 11.7 Å². The zero-order valence-electron chi connectivity index (χ0n) is 11.4. The van der Waals surface area contributed by atoms with Gasteiger partial charge in [-0.2, -0.15) is 18.3 Å². The molecule has 116 valence electrons. The number of carbonyl (C=O) groups excluding carboxylic acids is 1. The lowest BCUT2D eigenvalue weighted by Crippen LogP contribution is -2.60. The fraction of sp³-hybridized carbons (Fsp3) is 0.692. The van der Waals surface area contributed by atoms with Gasteiger partial charge in [-0.1, -0.05) is 0 Å². The third-order valence-electron chi connectivity index (χ3n) is 4.12. The Hall–Kier alpha value is -1.57. The van der Waals surface area contributed by atoms with E-state index in [4.69, 9.17) is 5.73 Å². The Kier molecular flexibility index (Phi) is 3.23. The third kappa shape index (κ3) is 2.90. The van der Waals surface area contributed by atoms with Crippen LogP contribution in [0.1, 0.15) is 31.2 Å². The number of nitrogens with zero attached hydrogens (tertiary/aromatic N) is 2. The number of primary amides is 1. The van der Waals surface area contributed by atoms with E-state index in [0.717, 1.165) is 38.1 Å². The lowest BCUT2D eigenvalue weighted by Gasteiger charge is -2.32. The van der Waals surface area contributed by atoms with E-state index in [9.17, 15) is 18.0 Å². The standard InChI is InChI=1S/C13H17F3N4O/c14-13(15,16)9-5-18-20(6-9)7-12(11(17)21,8-1-2-8)19-10-3-4-10/h5-6,8,10,19H,1-4,7H2,(H2,17,21). The molecule has 3 N–H and O–H groups in total. The van der Waals surface area contributed by atoms with Crippen molar-refractivity contribution in [1.29, 1.82) is 0 Å². The van der Waals surface area contributed by atoms with Gasteiger partial charge in [-0.15, -0.1) is 0 Å². The quantitative estimate of drug-likeness (QED) is 0.831. The number of nitrogens with two attached hydrogens (primary N) is 1. The number of halogens is 3. The Labute approximate surface area is 119 Å². The molecule has 2 saturated carbocycles. The van der Waals surface area contributed by atoms with Crippen molar-refractivity contribution in [3.8, 4) is 0 Å². The Morgan fingerprint density at radius 1 is 1.38 bits per heavy atom. The highest BCUT2D eigenvalue weighted by atomic mass is 19.4. The van der Waals surface area contributed by atoms with Crippen molar-refractivity contribution >= 4 is 5.91 Å². The predicted molar refractivity (Wildman–Crippen MR) is 68.0 cm³/mol. The van der Waals surface area contributed by atoms with Gasteiger partial charge in [0.05, 0.1) is 18.3 Å². The largest absolute Gasteiger partial charge is 0.419 e. The summed E-state index contributed by atoms with van der Waals surface area (Å²) in [5, 5.41) is 6.98. The molecule has 2 aliphatic carbocycles. The highest BCUT2D eigenvalue weighted by molar-refractivity contribution is 5.85. The Balaban J connectivity index is 1.83. The maximum atomic E-state index is 12.6. The molecule has 0 saturated heterocycles. The van der Waals surface area contributed by atoms with Crippen LogP contribution in [0.4, 0.5) is 13.2 Å². The van der Waals surface area contributed by atoms with Gasteiger partial charge in [0.15, 0.2) is 0 Å². The number of hydrogen-bond acceptors (Lipinski definition) is 3. The summed E-state index contributed by atoms with van der Waals surface area (Å²) in [4.78, 5) is 12.0. The van der Waals surface area contributed by atoms with Crippen molar-refractivity contribution in [2.45, 2.75) is 50.0 Å². The zero-order chi connectivity index (χ0) is 15.3. The van der Waals surface area contributed by atoms with Crippen molar-refractivity contribution in [3.05, 3.63) is 18.0 Å². The maximum absolute atomic E-state index is 12.6. The van der Waals surface area contributed by atoms with E-state index in [1.54, 1.807) is 0 Å². The SMILES string of the molecule is NC(=O)C(Cn1cc(C(F)(F)F)cn1)(NC1CC1)C1CC1. The second-order valence-electron chi connectivity index (χ2n) is 5.95. The second-order valence-corrected chi connectivity index (χ2v) is 5.95. The summed E-state index contributed by atoms with van der Waals surface area (Å²) in [7, 11) is 0. The molecule has 2 aliphatic rings. The molecule has 1 unspecified atom stereocenters. The van der Waals surface area contributed by atoms with Crippen LogP contribution in [0.5, 0.6) is 0 Å². The summed E-state index contributed by atoms with van der Waals surface area (Å²) >= 11 is 0. The summed E-state index contributed by atoms with van der Waals surface area (Å²) in [5.74, 6) is -0.435. The molecule has 3 rings (SSSR count). The smallest absolute Gasteiger partial charge is 0.368 e. The van der Waals surface area contributed by atoms with Crippen LogP contribution in [0.2, 0.25) is 0 Å². The first kappa shape index (κ1) is 14.4. The molecule has 0 aliphatic heterocycles.